The van der Waals surface area contributed by atoms with Crippen molar-refractivity contribution >= 4 is 58.9 Å². The van der Waals surface area contributed by atoms with Gasteiger partial charge in [0.05, 0.1) is 68.9 Å². The second-order valence-electron chi connectivity index (χ2n) is 19.8. The van der Waals surface area contributed by atoms with Crippen molar-refractivity contribution < 1.29 is 38.8 Å². The summed E-state index contributed by atoms with van der Waals surface area (Å²) in [5, 5.41) is 41.1. The number of H-pyrrole nitrogens is 1. The van der Waals surface area contributed by atoms with Gasteiger partial charge in [-0.1, -0.05) is 60.5 Å². The van der Waals surface area contributed by atoms with Crippen LogP contribution in [0.3, 0.4) is 0 Å². The highest BCUT2D eigenvalue weighted by atomic mass is 35.5. The standard InChI is InChI=1S/C53H71N17O8.ClH/c1-4-24-76-26-28-78-29-27-77-25-15-56-51-58-52(67-20-16-65(17-21-67)49(74)46(13-14-48(72)73)69-34-45(62-63-69)42(55)31-37-9-11-40(71)12-10-37)60-53(59-51)68-22-18-66(19-23-68)50(75)47(33-39-32-38-7-5-6-8-43(38)57-39)70-35-44(61-64-70)41(54)30-36(2)3;/h1,5-12,32,34-36,41-42,46-47,57,71H,13-31,33,54-55H2,2-3H3,(H,72,73)(H,56,58,59,60);1H/t41?,42?,46-,47-;/m0./s1. The van der Waals surface area contributed by atoms with Crippen LogP contribution in [-0.4, -0.2) is 186 Å². The number of hydrogen-bond acceptors (Lipinski definition) is 19. The van der Waals surface area contributed by atoms with Crippen LogP contribution in [0.5, 0.6) is 5.75 Å². The Bertz CT molecular complexity index is 2900. The molecule has 4 aromatic heterocycles. The minimum absolute atomic E-state index is 0. The number of carbonyl (C=O) groups excluding carboxylic acids is 2. The number of aromatic amines is 1. The number of benzene rings is 2. The maximum atomic E-state index is 14.7. The van der Waals surface area contributed by atoms with Crippen molar-refractivity contribution in [3.05, 3.63) is 89.6 Å². The van der Waals surface area contributed by atoms with Crippen molar-refractivity contribution in [2.45, 2.75) is 70.1 Å². The number of phenolic OH excluding ortho intramolecular Hbond substituents is 1. The summed E-state index contributed by atoms with van der Waals surface area (Å²) in [7, 11) is 0. The Morgan fingerprint density at radius 2 is 1.32 bits per heavy atom. The third-order valence-electron chi connectivity index (χ3n) is 13.6. The molecule has 0 bridgehead atoms. The van der Waals surface area contributed by atoms with E-state index in [1.165, 1.54) is 4.68 Å². The summed E-state index contributed by atoms with van der Waals surface area (Å²) in [6.07, 6.45) is 9.85. The van der Waals surface area contributed by atoms with E-state index < -0.39 is 24.1 Å². The van der Waals surface area contributed by atoms with Gasteiger partial charge in [0.2, 0.25) is 29.7 Å². The van der Waals surface area contributed by atoms with Gasteiger partial charge in [0, 0.05) is 83.0 Å². The highest BCUT2D eigenvalue weighted by Gasteiger charge is 2.34. The van der Waals surface area contributed by atoms with E-state index in [0.717, 1.165) is 28.6 Å². The predicted octanol–water partition coefficient (Wildman–Crippen LogP) is 2.93. The van der Waals surface area contributed by atoms with Crippen LogP contribution in [0.25, 0.3) is 10.9 Å². The van der Waals surface area contributed by atoms with Crippen LogP contribution in [-0.2, 0) is 41.4 Å². The Balaban J connectivity index is 0.00000903. The average molecular weight is 1110 g/mol. The summed E-state index contributed by atoms with van der Waals surface area (Å²) in [5.41, 5.74) is 16.9. The molecule has 424 valence electrons. The fraction of sp³-hybridized carbons (Fsp3) is 0.509. The molecule has 2 aromatic carbocycles. The summed E-state index contributed by atoms with van der Waals surface area (Å²) < 4.78 is 19.6. The number of aromatic hydroxyl groups is 1. The van der Waals surface area contributed by atoms with E-state index in [1.54, 1.807) is 46.2 Å². The van der Waals surface area contributed by atoms with Gasteiger partial charge in [-0.2, -0.15) is 15.0 Å². The molecule has 6 heterocycles. The van der Waals surface area contributed by atoms with Crippen molar-refractivity contribution in [1.29, 1.82) is 0 Å². The van der Waals surface area contributed by atoms with Crippen molar-refractivity contribution in [2.75, 3.05) is 114 Å². The number of amides is 2. The normalized spacial score (nSPS) is 15.4. The van der Waals surface area contributed by atoms with Gasteiger partial charge >= 0.3 is 5.97 Å². The van der Waals surface area contributed by atoms with Gasteiger partial charge in [-0.3, -0.25) is 14.4 Å². The first-order valence-corrected chi connectivity index (χ1v) is 26.5. The molecule has 0 radical (unpaired) electrons. The maximum Gasteiger partial charge on any atom is 0.303 e. The second kappa shape index (κ2) is 28.9. The van der Waals surface area contributed by atoms with E-state index in [9.17, 15) is 24.6 Å². The third-order valence-corrected chi connectivity index (χ3v) is 13.6. The zero-order valence-corrected chi connectivity index (χ0v) is 45.5. The van der Waals surface area contributed by atoms with Crippen LogP contribution in [0.4, 0.5) is 17.8 Å². The summed E-state index contributed by atoms with van der Waals surface area (Å²) in [4.78, 5) is 66.4. The van der Waals surface area contributed by atoms with E-state index in [1.807, 2.05) is 39.0 Å². The summed E-state index contributed by atoms with van der Waals surface area (Å²) in [6.45, 7) is 9.64. The monoisotopic (exact) mass is 1110 g/mol. The number of piperazine rings is 2. The molecule has 0 saturated carbocycles. The number of aliphatic carboxylic acids is 1. The molecule has 8 N–H and O–H groups in total. The van der Waals surface area contributed by atoms with Crippen LogP contribution in [0.1, 0.15) is 79.9 Å². The topological polar surface area (TPSA) is 312 Å². The fourth-order valence-corrected chi connectivity index (χ4v) is 9.42. The van der Waals surface area contributed by atoms with Crippen LogP contribution in [0.15, 0.2) is 67.0 Å². The molecular weight excluding hydrogens is 1040 g/mol. The molecule has 2 saturated heterocycles. The maximum absolute atomic E-state index is 14.7. The lowest BCUT2D eigenvalue weighted by Gasteiger charge is -2.38. The molecule has 79 heavy (non-hydrogen) atoms. The lowest BCUT2D eigenvalue weighted by Crippen LogP contribution is -2.52. The van der Waals surface area contributed by atoms with Crippen LogP contribution in [0, 0.1) is 18.3 Å². The number of nitrogens with two attached hydrogens (primary N) is 2. The first-order valence-electron chi connectivity index (χ1n) is 26.5. The van der Waals surface area contributed by atoms with E-state index in [4.69, 9.17) is 47.1 Å². The lowest BCUT2D eigenvalue weighted by atomic mass is 10.0. The van der Waals surface area contributed by atoms with E-state index in [2.05, 4.69) is 56.8 Å². The molecule has 0 aliphatic carbocycles. The number of terminal acetylenes is 1. The molecule has 2 fully saturated rings. The van der Waals surface area contributed by atoms with Gasteiger partial charge < -0.3 is 65.8 Å². The molecule has 8 rings (SSSR count). The second-order valence-corrected chi connectivity index (χ2v) is 19.8. The molecule has 0 spiro atoms. The zero-order valence-electron chi connectivity index (χ0n) is 44.7. The van der Waals surface area contributed by atoms with E-state index in [0.29, 0.717) is 127 Å². The van der Waals surface area contributed by atoms with Gasteiger partial charge in [-0.05, 0) is 60.4 Å². The van der Waals surface area contributed by atoms with Gasteiger partial charge in [0.1, 0.15) is 24.4 Å². The van der Waals surface area contributed by atoms with Gasteiger partial charge in [-0.15, -0.1) is 29.0 Å². The summed E-state index contributed by atoms with van der Waals surface area (Å²) in [5.74, 6) is 2.62. The van der Waals surface area contributed by atoms with Crippen molar-refractivity contribution in [3.63, 3.8) is 0 Å². The van der Waals surface area contributed by atoms with Gasteiger partial charge in [-0.25, -0.2) is 9.36 Å². The average Bonchev–Trinajstić information content (AvgIpc) is 4.29. The highest BCUT2D eigenvalue weighted by molar-refractivity contribution is 5.85. The number of aromatic nitrogens is 10. The summed E-state index contributed by atoms with van der Waals surface area (Å²) in [6, 6.07) is 14.2. The highest BCUT2D eigenvalue weighted by Crippen LogP contribution is 2.27. The molecule has 26 heteroatoms. The number of carbonyl (C=O) groups is 3. The zero-order chi connectivity index (χ0) is 55.0. The van der Waals surface area contributed by atoms with Crippen molar-refractivity contribution in [2.24, 2.45) is 17.4 Å². The van der Waals surface area contributed by atoms with E-state index in [-0.39, 0.29) is 68.6 Å². The minimum Gasteiger partial charge on any atom is -0.508 e. The molecule has 2 amide bonds. The molecule has 4 atom stereocenters. The van der Waals surface area contributed by atoms with Crippen LogP contribution >= 0.6 is 12.4 Å². The molecule has 25 nitrogen and oxygen atoms in total. The van der Waals surface area contributed by atoms with Gasteiger partial charge in [0.25, 0.3) is 0 Å². The Morgan fingerprint density at radius 1 is 0.747 bits per heavy atom. The van der Waals surface area contributed by atoms with E-state index >= 15 is 0 Å². The molecule has 6 aromatic rings. The SMILES string of the molecule is C#CCOCCOCCOCCNc1nc(N2CCN(C(=O)[C@H](CCC(=O)O)n3cc(C(N)Cc4ccc(O)cc4)nn3)CC2)nc(N2CCN(C(=O)[C@H](Cc3cc4ccccc4[nH]3)n3cc(C(N)CC(C)C)nn3)CC2)n1.Cl. The number of nitrogens with one attached hydrogen (secondary N) is 2. The number of para-hydroxylation sites is 1. The Morgan fingerprint density at radius 3 is 1.91 bits per heavy atom. The number of fused-ring (bicyclic) bond motifs is 1. The number of phenols is 1. The first kappa shape index (κ1) is 59.2. The number of carboxylic acids is 1. The fourth-order valence-electron chi connectivity index (χ4n) is 9.42. The predicted molar refractivity (Wildman–Crippen MR) is 297 cm³/mol. The molecule has 2 aliphatic rings. The van der Waals surface area contributed by atoms with Gasteiger partial charge in [0.15, 0.2) is 0 Å². The van der Waals surface area contributed by atoms with Crippen LogP contribution < -0.4 is 26.6 Å². The molecule has 2 unspecified atom stereocenters. The number of ether oxygens (including phenoxy) is 3. The summed E-state index contributed by atoms with van der Waals surface area (Å²) >= 11 is 0. The Hall–Kier alpha value is -7.47. The minimum atomic E-state index is -1.04. The number of carboxylic acid groups (broad SMARTS) is 1. The molecule has 2 aliphatic heterocycles. The smallest absolute Gasteiger partial charge is 0.303 e. The Labute approximate surface area is 464 Å². The third kappa shape index (κ3) is 16.5. The number of halogens is 1. The number of nitrogens with zero attached hydrogens (tertiary/aromatic N) is 13. The molecular formula is C53H72ClN17O8. The Kier molecular flexibility index (Phi) is 21.7. The quantitative estimate of drug-likeness (QED) is 0.0304. The lowest BCUT2D eigenvalue weighted by molar-refractivity contribution is -0.139. The largest absolute Gasteiger partial charge is 0.508 e. The number of rotatable bonds is 28. The van der Waals surface area contributed by atoms with Crippen molar-refractivity contribution in [3.8, 4) is 18.1 Å². The first-order chi connectivity index (χ1) is 37.8. The van der Waals surface area contributed by atoms with Crippen molar-refractivity contribution in [1.82, 2.24) is 59.7 Å². The number of hydrogen-bond donors (Lipinski definition) is 6. The number of anilines is 3. The van der Waals surface area contributed by atoms with Crippen LogP contribution in [0.2, 0.25) is 0 Å².